The van der Waals surface area contributed by atoms with E-state index in [1.165, 1.54) is 12.3 Å². The second-order valence-electron chi connectivity index (χ2n) is 4.19. The molecule has 0 aliphatic heterocycles. The van der Waals surface area contributed by atoms with Gasteiger partial charge in [0.2, 0.25) is 0 Å². The van der Waals surface area contributed by atoms with Crippen molar-refractivity contribution in [3.05, 3.63) is 18.3 Å². The fourth-order valence-corrected chi connectivity index (χ4v) is 2.43. The summed E-state index contributed by atoms with van der Waals surface area (Å²) in [6.07, 6.45) is 1.41. The lowest BCUT2D eigenvalue weighted by molar-refractivity contribution is 0.123. The van der Waals surface area contributed by atoms with Crippen LogP contribution in [0.4, 0.5) is 5.69 Å². The Labute approximate surface area is 102 Å². The van der Waals surface area contributed by atoms with E-state index in [2.05, 4.69) is 4.98 Å². The molecule has 1 aromatic heterocycles. The van der Waals surface area contributed by atoms with Gasteiger partial charge >= 0.3 is 0 Å². The molecule has 2 N–H and O–H groups in total. The molecule has 0 aliphatic rings. The van der Waals surface area contributed by atoms with Crippen LogP contribution in [0.1, 0.15) is 13.8 Å². The van der Waals surface area contributed by atoms with E-state index in [0.29, 0.717) is 12.5 Å². The van der Waals surface area contributed by atoms with E-state index in [4.69, 9.17) is 10.5 Å². The maximum atomic E-state index is 11.9. The molecule has 0 unspecified atom stereocenters. The molecule has 96 valence electrons. The first-order valence-electron chi connectivity index (χ1n) is 5.44. The Morgan fingerprint density at radius 3 is 2.76 bits per heavy atom. The molecule has 0 spiro atoms. The molecule has 0 saturated carbocycles. The van der Waals surface area contributed by atoms with Crippen LogP contribution in [-0.2, 0) is 14.6 Å². The fourth-order valence-electron chi connectivity index (χ4n) is 1.25. The summed E-state index contributed by atoms with van der Waals surface area (Å²) in [7, 11) is -3.45. The molecule has 0 aliphatic carbocycles. The van der Waals surface area contributed by atoms with Crippen LogP contribution in [0.15, 0.2) is 23.4 Å². The molecule has 0 atom stereocenters. The van der Waals surface area contributed by atoms with Crippen LogP contribution in [0.2, 0.25) is 0 Å². The molecule has 1 heterocycles. The molecule has 17 heavy (non-hydrogen) atoms. The zero-order valence-corrected chi connectivity index (χ0v) is 10.9. The lowest BCUT2D eigenvalue weighted by Gasteiger charge is -2.08. The van der Waals surface area contributed by atoms with Gasteiger partial charge in [-0.3, -0.25) is 0 Å². The Hall–Kier alpha value is -1.14. The van der Waals surface area contributed by atoms with E-state index < -0.39 is 9.84 Å². The summed E-state index contributed by atoms with van der Waals surface area (Å²) in [5.74, 6) is 0.290. The number of nitrogens with two attached hydrogens (primary N) is 1. The van der Waals surface area contributed by atoms with E-state index in [9.17, 15) is 8.42 Å². The summed E-state index contributed by atoms with van der Waals surface area (Å²) in [5, 5.41) is -0.0619. The molecule has 0 radical (unpaired) electrons. The van der Waals surface area contributed by atoms with Gasteiger partial charge in [0.1, 0.15) is 0 Å². The average Bonchev–Trinajstić information content (AvgIpc) is 2.24. The van der Waals surface area contributed by atoms with Crippen LogP contribution < -0.4 is 5.73 Å². The maximum Gasteiger partial charge on any atom is 0.199 e. The molecule has 0 fully saturated rings. The number of rotatable bonds is 6. The fraction of sp³-hybridized carbons (Fsp3) is 0.545. The van der Waals surface area contributed by atoms with Gasteiger partial charge in [-0.15, -0.1) is 0 Å². The van der Waals surface area contributed by atoms with Crippen LogP contribution in [0, 0.1) is 5.92 Å². The number of nitrogen functional groups attached to an aromatic ring is 1. The lowest BCUT2D eigenvalue weighted by atomic mass is 10.2. The van der Waals surface area contributed by atoms with Gasteiger partial charge in [0.25, 0.3) is 0 Å². The molecule has 5 nitrogen and oxygen atoms in total. The van der Waals surface area contributed by atoms with E-state index in [-0.39, 0.29) is 23.1 Å². The van der Waals surface area contributed by atoms with Crippen molar-refractivity contribution in [2.24, 2.45) is 5.92 Å². The van der Waals surface area contributed by atoms with Crippen LogP contribution in [0.5, 0.6) is 0 Å². The van der Waals surface area contributed by atoms with Crippen molar-refractivity contribution in [1.82, 2.24) is 4.98 Å². The van der Waals surface area contributed by atoms with Crippen molar-refractivity contribution in [3.63, 3.8) is 0 Å². The summed E-state index contributed by atoms with van der Waals surface area (Å²) < 4.78 is 29.0. The first-order chi connectivity index (χ1) is 7.93. The number of hydrogen-bond donors (Lipinski definition) is 1. The maximum absolute atomic E-state index is 11.9. The number of aromatic nitrogens is 1. The normalized spacial score (nSPS) is 11.9. The van der Waals surface area contributed by atoms with E-state index in [1.54, 1.807) is 6.07 Å². The summed E-state index contributed by atoms with van der Waals surface area (Å²) in [5.41, 5.74) is 5.75. The minimum atomic E-state index is -3.45. The van der Waals surface area contributed by atoms with Crippen molar-refractivity contribution >= 4 is 15.5 Å². The van der Waals surface area contributed by atoms with Crippen molar-refractivity contribution in [2.75, 3.05) is 24.7 Å². The lowest BCUT2D eigenvalue weighted by Crippen LogP contribution is -2.16. The highest BCUT2D eigenvalue weighted by Crippen LogP contribution is 2.15. The quantitative estimate of drug-likeness (QED) is 0.773. The topological polar surface area (TPSA) is 82.3 Å². The third kappa shape index (κ3) is 4.32. The molecule has 6 heteroatoms. The van der Waals surface area contributed by atoms with Gasteiger partial charge in [0.05, 0.1) is 18.0 Å². The Balaban J connectivity index is 2.61. The van der Waals surface area contributed by atoms with Crippen molar-refractivity contribution in [2.45, 2.75) is 18.9 Å². The smallest absolute Gasteiger partial charge is 0.199 e. The van der Waals surface area contributed by atoms with E-state index in [1.807, 2.05) is 13.8 Å². The average molecular weight is 258 g/mol. The van der Waals surface area contributed by atoms with Gasteiger partial charge in [-0.25, -0.2) is 13.4 Å². The zero-order valence-electron chi connectivity index (χ0n) is 10.1. The number of hydrogen-bond acceptors (Lipinski definition) is 5. The van der Waals surface area contributed by atoms with Gasteiger partial charge in [0, 0.05) is 12.8 Å². The second-order valence-corrected chi connectivity index (χ2v) is 6.21. The summed E-state index contributed by atoms with van der Waals surface area (Å²) >= 11 is 0. The summed E-state index contributed by atoms with van der Waals surface area (Å²) in [6.45, 7) is 4.72. The number of nitrogens with zero attached hydrogens (tertiary/aromatic N) is 1. The van der Waals surface area contributed by atoms with Gasteiger partial charge in [-0.1, -0.05) is 13.8 Å². The highest BCUT2D eigenvalue weighted by Gasteiger charge is 2.18. The minimum Gasteiger partial charge on any atom is -0.396 e. The third-order valence-electron chi connectivity index (χ3n) is 2.04. The van der Waals surface area contributed by atoms with E-state index >= 15 is 0 Å². The monoisotopic (exact) mass is 258 g/mol. The Bertz CT molecular complexity index is 458. The van der Waals surface area contributed by atoms with Crippen molar-refractivity contribution < 1.29 is 13.2 Å². The van der Waals surface area contributed by atoms with Crippen molar-refractivity contribution in [3.8, 4) is 0 Å². The molecule has 0 aromatic carbocycles. The molecule has 0 saturated heterocycles. The van der Waals surface area contributed by atoms with Crippen LogP contribution >= 0.6 is 0 Å². The first kappa shape index (κ1) is 13.9. The molecule has 0 amide bonds. The molecule has 1 aromatic rings. The Kier molecular flexibility index (Phi) is 4.89. The highest BCUT2D eigenvalue weighted by atomic mass is 32.2. The highest BCUT2D eigenvalue weighted by molar-refractivity contribution is 7.91. The molecule has 1 rings (SSSR count). The zero-order chi connectivity index (χ0) is 12.9. The van der Waals surface area contributed by atoms with Crippen molar-refractivity contribution in [1.29, 1.82) is 0 Å². The van der Waals surface area contributed by atoms with Gasteiger partial charge in [-0.05, 0) is 18.1 Å². The number of ether oxygens (including phenoxy) is 1. The third-order valence-corrected chi connectivity index (χ3v) is 3.68. The predicted molar refractivity (Wildman–Crippen MR) is 66.4 cm³/mol. The summed E-state index contributed by atoms with van der Waals surface area (Å²) in [4.78, 5) is 3.80. The van der Waals surface area contributed by atoms with Gasteiger partial charge < -0.3 is 10.5 Å². The SMILES string of the molecule is CC(C)COCCS(=O)(=O)c1ncccc1N. The number of anilines is 1. The standard InChI is InChI=1S/C11H18N2O3S/c1-9(2)8-16-6-7-17(14,15)11-10(12)4-3-5-13-11/h3-5,9H,6-8,12H2,1-2H3. The van der Waals surface area contributed by atoms with Crippen LogP contribution in [0.3, 0.4) is 0 Å². The Morgan fingerprint density at radius 1 is 1.47 bits per heavy atom. The minimum absolute atomic E-state index is 0.0619. The predicted octanol–water partition coefficient (Wildman–Crippen LogP) is 1.11. The number of sulfone groups is 1. The van der Waals surface area contributed by atoms with Gasteiger partial charge in [-0.2, -0.15) is 0 Å². The van der Waals surface area contributed by atoms with Crippen LogP contribution in [0.25, 0.3) is 0 Å². The Morgan fingerprint density at radius 2 is 2.18 bits per heavy atom. The molecular weight excluding hydrogens is 240 g/mol. The first-order valence-corrected chi connectivity index (χ1v) is 7.09. The van der Waals surface area contributed by atoms with Gasteiger partial charge in [0.15, 0.2) is 14.9 Å². The largest absolute Gasteiger partial charge is 0.396 e. The number of pyridine rings is 1. The van der Waals surface area contributed by atoms with E-state index in [0.717, 1.165) is 0 Å². The second kappa shape index (κ2) is 5.97. The summed E-state index contributed by atoms with van der Waals surface area (Å²) in [6, 6.07) is 3.12. The van der Waals surface area contributed by atoms with Crippen LogP contribution in [-0.4, -0.2) is 32.4 Å². The molecule has 0 bridgehead atoms. The molecular formula is C11H18N2O3S.